The molecule has 3 aromatic carbocycles. The lowest BCUT2D eigenvalue weighted by atomic mass is 9.94. The average Bonchev–Trinajstić information content (AvgIpc) is 2.77. The van der Waals surface area contributed by atoms with Crippen molar-refractivity contribution in [1.82, 2.24) is 5.32 Å². The lowest BCUT2D eigenvalue weighted by molar-refractivity contribution is -0.128. The summed E-state index contributed by atoms with van der Waals surface area (Å²) in [6, 6.07) is 25.2. The summed E-state index contributed by atoms with van der Waals surface area (Å²) in [5, 5.41) is 3.20. The summed E-state index contributed by atoms with van der Waals surface area (Å²) in [4.78, 5) is 13.1. The molecule has 0 saturated carbocycles. The van der Waals surface area contributed by atoms with Crippen LogP contribution in [0.1, 0.15) is 36.1 Å². The van der Waals surface area contributed by atoms with Crippen LogP contribution in [0, 0.1) is 6.92 Å². The molecular formula is C25H27NO3. The van der Waals surface area contributed by atoms with Crippen LogP contribution in [-0.2, 0) is 4.79 Å². The van der Waals surface area contributed by atoms with Crippen molar-refractivity contribution in [2.75, 3.05) is 7.11 Å². The first kappa shape index (κ1) is 20.5. The van der Waals surface area contributed by atoms with Crippen LogP contribution in [0.3, 0.4) is 0 Å². The minimum atomic E-state index is -0.600. The van der Waals surface area contributed by atoms with E-state index >= 15 is 0 Å². The number of hydrogen-bond donors (Lipinski definition) is 1. The first-order chi connectivity index (χ1) is 14.1. The molecule has 2 atom stereocenters. The van der Waals surface area contributed by atoms with E-state index in [1.54, 1.807) is 13.2 Å². The largest absolute Gasteiger partial charge is 0.497 e. The summed E-state index contributed by atoms with van der Waals surface area (Å²) < 4.78 is 11.2. The fraction of sp³-hybridized carbons (Fsp3) is 0.240. The molecule has 3 rings (SSSR count). The van der Waals surface area contributed by atoms with Crippen molar-refractivity contribution in [3.05, 3.63) is 95.6 Å². The van der Waals surface area contributed by atoms with Gasteiger partial charge in [-0.2, -0.15) is 0 Å². The molecule has 0 radical (unpaired) electrons. The van der Waals surface area contributed by atoms with Gasteiger partial charge in [-0.05, 0) is 42.2 Å². The van der Waals surface area contributed by atoms with Gasteiger partial charge in [0.1, 0.15) is 11.5 Å². The highest BCUT2D eigenvalue weighted by Gasteiger charge is 2.24. The van der Waals surface area contributed by atoms with Crippen LogP contribution < -0.4 is 14.8 Å². The van der Waals surface area contributed by atoms with Gasteiger partial charge in [0.2, 0.25) is 0 Å². The number of aryl methyl sites for hydroxylation is 1. The first-order valence-corrected chi connectivity index (χ1v) is 9.84. The fourth-order valence-electron chi connectivity index (χ4n) is 3.29. The molecule has 4 nitrogen and oxygen atoms in total. The second kappa shape index (κ2) is 9.78. The summed E-state index contributed by atoms with van der Waals surface area (Å²) >= 11 is 0. The SMILES string of the molecule is CC[C@@H](Oc1cccc(OC)c1)C(=O)N[C@H](c1ccccc1)c1ccccc1C. The number of carbonyl (C=O) groups is 1. The Morgan fingerprint density at radius 2 is 1.62 bits per heavy atom. The number of benzene rings is 3. The van der Waals surface area contributed by atoms with Gasteiger partial charge in [0.25, 0.3) is 5.91 Å². The topological polar surface area (TPSA) is 47.6 Å². The fourth-order valence-corrected chi connectivity index (χ4v) is 3.29. The number of rotatable bonds is 8. The molecule has 0 heterocycles. The maximum absolute atomic E-state index is 13.1. The van der Waals surface area contributed by atoms with Crippen LogP contribution >= 0.6 is 0 Å². The van der Waals surface area contributed by atoms with E-state index in [2.05, 4.69) is 24.4 Å². The maximum Gasteiger partial charge on any atom is 0.261 e. The number of hydrogen-bond acceptors (Lipinski definition) is 3. The smallest absolute Gasteiger partial charge is 0.261 e. The van der Waals surface area contributed by atoms with Crippen LogP contribution in [-0.4, -0.2) is 19.1 Å². The average molecular weight is 389 g/mol. The third kappa shape index (κ3) is 5.17. The molecule has 3 aromatic rings. The normalized spacial score (nSPS) is 12.7. The van der Waals surface area contributed by atoms with Gasteiger partial charge in [-0.1, -0.05) is 67.6 Å². The lowest BCUT2D eigenvalue weighted by Gasteiger charge is -2.25. The molecule has 0 aliphatic rings. The maximum atomic E-state index is 13.1. The standard InChI is InChI=1S/C25H27NO3/c1-4-23(29-21-15-10-14-20(17-21)28-3)25(27)26-24(19-12-6-5-7-13-19)22-16-9-8-11-18(22)2/h5-17,23-24H,4H2,1-3H3,(H,26,27)/t23-,24-/m1/s1. The number of carbonyl (C=O) groups excluding carboxylic acids is 1. The summed E-state index contributed by atoms with van der Waals surface area (Å²) in [6.07, 6.45) is -0.0458. The van der Waals surface area contributed by atoms with E-state index in [4.69, 9.17) is 9.47 Å². The van der Waals surface area contributed by atoms with Crippen LogP contribution in [0.25, 0.3) is 0 Å². The van der Waals surface area contributed by atoms with E-state index in [1.807, 2.05) is 67.6 Å². The Morgan fingerprint density at radius 1 is 0.931 bits per heavy atom. The summed E-state index contributed by atoms with van der Waals surface area (Å²) in [6.45, 7) is 4.00. The van der Waals surface area contributed by atoms with Crippen molar-refractivity contribution in [1.29, 1.82) is 0 Å². The first-order valence-electron chi connectivity index (χ1n) is 9.84. The zero-order valence-corrected chi connectivity index (χ0v) is 17.1. The van der Waals surface area contributed by atoms with Crippen molar-refractivity contribution < 1.29 is 14.3 Å². The Kier molecular flexibility index (Phi) is 6.90. The van der Waals surface area contributed by atoms with Gasteiger partial charge in [0.15, 0.2) is 6.10 Å². The van der Waals surface area contributed by atoms with Gasteiger partial charge in [-0.3, -0.25) is 4.79 Å². The minimum absolute atomic E-state index is 0.146. The molecule has 0 aliphatic heterocycles. The number of ether oxygens (including phenoxy) is 2. The number of nitrogens with one attached hydrogen (secondary N) is 1. The summed E-state index contributed by atoms with van der Waals surface area (Å²) in [5.41, 5.74) is 3.23. The molecule has 150 valence electrons. The predicted octanol–water partition coefficient (Wildman–Crippen LogP) is 5.07. The molecule has 29 heavy (non-hydrogen) atoms. The van der Waals surface area contributed by atoms with Gasteiger partial charge in [0, 0.05) is 6.07 Å². The van der Waals surface area contributed by atoms with Crippen molar-refractivity contribution in [2.24, 2.45) is 0 Å². The summed E-state index contributed by atoms with van der Waals surface area (Å²) in [5.74, 6) is 1.16. The molecule has 0 bridgehead atoms. The molecule has 0 unspecified atom stereocenters. The van der Waals surface area contributed by atoms with Crippen LogP contribution in [0.5, 0.6) is 11.5 Å². The quantitative estimate of drug-likeness (QED) is 0.585. The predicted molar refractivity (Wildman–Crippen MR) is 115 cm³/mol. The van der Waals surface area contributed by atoms with Crippen LogP contribution in [0.4, 0.5) is 0 Å². The zero-order chi connectivity index (χ0) is 20.6. The molecule has 0 spiro atoms. The van der Waals surface area contributed by atoms with E-state index in [1.165, 1.54) is 0 Å². The Bertz CT molecular complexity index is 940. The third-order valence-corrected chi connectivity index (χ3v) is 4.90. The van der Waals surface area contributed by atoms with Gasteiger partial charge in [0.05, 0.1) is 13.2 Å². The molecule has 0 fully saturated rings. The molecule has 0 saturated heterocycles. The number of amides is 1. The van der Waals surface area contributed by atoms with Gasteiger partial charge in [-0.25, -0.2) is 0 Å². The van der Waals surface area contributed by atoms with Crippen LogP contribution in [0.15, 0.2) is 78.9 Å². The highest BCUT2D eigenvalue weighted by molar-refractivity contribution is 5.82. The molecule has 1 N–H and O–H groups in total. The second-order valence-corrected chi connectivity index (χ2v) is 6.90. The minimum Gasteiger partial charge on any atom is -0.497 e. The van der Waals surface area contributed by atoms with Crippen molar-refractivity contribution >= 4 is 5.91 Å². The molecule has 0 aliphatic carbocycles. The highest BCUT2D eigenvalue weighted by atomic mass is 16.5. The van der Waals surface area contributed by atoms with E-state index < -0.39 is 6.10 Å². The van der Waals surface area contributed by atoms with Crippen molar-refractivity contribution in [3.8, 4) is 11.5 Å². The van der Waals surface area contributed by atoms with Crippen molar-refractivity contribution in [2.45, 2.75) is 32.4 Å². The van der Waals surface area contributed by atoms with Crippen molar-refractivity contribution in [3.63, 3.8) is 0 Å². The Balaban J connectivity index is 1.84. The lowest BCUT2D eigenvalue weighted by Crippen LogP contribution is -2.40. The monoisotopic (exact) mass is 389 g/mol. The third-order valence-electron chi connectivity index (χ3n) is 4.90. The van der Waals surface area contributed by atoms with Gasteiger partial charge < -0.3 is 14.8 Å². The molecule has 1 amide bonds. The molecule has 4 heteroatoms. The Labute approximate surface area is 172 Å². The van der Waals surface area contributed by atoms with E-state index in [9.17, 15) is 4.79 Å². The van der Waals surface area contributed by atoms with Gasteiger partial charge >= 0.3 is 0 Å². The van der Waals surface area contributed by atoms with E-state index in [-0.39, 0.29) is 11.9 Å². The van der Waals surface area contributed by atoms with E-state index in [0.29, 0.717) is 17.9 Å². The summed E-state index contributed by atoms with van der Waals surface area (Å²) in [7, 11) is 1.61. The highest BCUT2D eigenvalue weighted by Crippen LogP contribution is 2.26. The molecule has 0 aromatic heterocycles. The number of methoxy groups -OCH3 is 1. The second-order valence-electron chi connectivity index (χ2n) is 6.90. The molecular weight excluding hydrogens is 362 g/mol. The zero-order valence-electron chi connectivity index (χ0n) is 17.1. The van der Waals surface area contributed by atoms with Crippen LogP contribution in [0.2, 0.25) is 0 Å². The Morgan fingerprint density at radius 3 is 2.31 bits per heavy atom. The van der Waals surface area contributed by atoms with Gasteiger partial charge in [-0.15, -0.1) is 0 Å². The van der Waals surface area contributed by atoms with E-state index in [0.717, 1.165) is 16.7 Å². The Hall–Kier alpha value is -3.27.